The Morgan fingerprint density at radius 3 is 2.94 bits per heavy atom. The first-order chi connectivity index (χ1) is 7.66. The number of hydrogen-bond donors (Lipinski definition) is 2. The molecule has 0 aromatic carbocycles. The molecule has 2 heterocycles. The molecule has 1 aromatic heterocycles. The highest BCUT2D eigenvalue weighted by Crippen LogP contribution is 2.18. The first-order valence-corrected chi connectivity index (χ1v) is 6.09. The summed E-state index contributed by atoms with van der Waals surface area (Å²) in [4.78, 5) is 16.0. The van der Waals surface area contributed by atoms with Crippen molar-refractivity contribution in [3.63, 3.8) is 0 Å². The number of aromatic nitrogens is 1. The second kappa shape index (κ2) is 4.93. The monoisotopic (exact) mass is 283 g/mol. The fraction of sp³-hybridized carbons (Fsp3) is 0.455. The number of nitrogens with zero attached hydrogens (tertiary/aromatic N) is 1. The standard InChI is InChI=1S/C11H14BrN3O/c1-7-4-13-6-9(7)11(16)15-10-3-2-8(12)5-14-10/h2-3,5,7,9,13H,4,6H2,1H3,(H,14,15,16)/t7-,9-/m1/s1. The summed E-state index contributed by atoms with van der Waals surface area (Å²) in [6, 6.07) is 3.65. The zero-order valence-corrected chi connectivity index (χ0v) is 10.6. The molecule has 0 aliphatic carbocycles. The molecule has 1 aliphatic heterocycles. The van der Waals surface area contributed by atoms with Crippen molar-refractivity contribution < 1.29 is 4.79 Å². The van der Waals surface area contributed by atoms with Crippen LogP contribution in [-0.2, 0) is 4.79 Å². The van der Waals surface area contributed by atoms with E-state index < -0.39 is 0 Å². The van der Waals surface area contributed by atoms with Gasteiger partial charge in [-0.1, -0.05) is 6.92 Å². The van der Waals surface area contributed by atoms with E-state index in [1.54, 1.807) is 12.3 Å². The lowest BCUT2D eigenvalue weighted by atomic mass is 9.97. The van der Waals surface area contributed by atoms with Crippen molar-refractivity contribution in [3.05, 3.63) is 22.8 Å². The molecule has 0 saturated carbocycles. The SMILES string of the molecule is C[C@@H]1CNC[C@H]1C(=O)Nc1ccc(Br)cn1. The maximum absolute atomic E-state index is 11.9. The molecule has 0 radical (unpaired) electrons. The minimum atomic E-state index is 0.0467. The molecule has 1 saturated heterocycles. The Bertz CT molecular complexity index is 379. The van der Waals surface area contributed by atoms with Gasteiger partial charge in [0.2, 0.25) is 5.91 Å². The Labute approximate surface area is 103 Å². The molecule has 2 atom stereocenters. The summed E-state index contributed by atoms with van der Waals surface area (Å²) in [6.07, 6.45) is 1.67. The number of carbonyl (C=O) groups is 1. The zero-order valence-electron chi connectivity index (χ0n) is 9.03. The second-order valence-electron chi connectivity index (χ2n) is 4.09. The molecule has 2 N–H and O–H groups in total. The Balaban J connectivity index is 1.99. The van der Waals surface area contributed by atoms with Gasteiger partial charge in [-0.05, 0) is 40.5 Å². The van der Waals surface area contributed by atoms with Crippen LogP contribution in [0.15, 0.2) is 22.8 Å². The highest BCUT2D eigenvalue weighted by atomic mass is 79.9. The third-order valence-corrected chi connectivity index (χ3v) is 3.30. The topological polar surface area (TPSA) is 54.0 Å². The van der Waals surface area contributed by atoms with Gasteiger partial charge in [-0.2, -0.15) is 0 Å². The third-order valence-electron chi connectivity index (χ3n) is 2.83. The van der Waals surface area contributed by atoms with Gasteiger partial charge in [0.05, 0.1) is 5.92 Å². The van der Waals surface area contributed by atoms with Gasteiger partial charge in [-0.15, -0.1) is 0 Å². The van der Waals surface area contributed by atoms with Crippen LogP contribution in [0.1, 0.15) is 6.92 Å². The average molecular weight is 284 g/mol. The van der Waals surface area contributed by atoms with E-state index in [4.69, 9.17) is 0 Å². The van der Waals surface area contributed by atoms with Crippen LogP contribution in [-0.4, -0.2) is 24.0 Å². The smallest absolute Gasteiger partial charge is 0.230 e. The molecule has 1 aliphatic rings. The van der Waals surface area contributed by atoms with Crippen molar-refractivity contribution in [2.24, 2.45) is 11.8 Å². The summed E-state index contributed by atoms with van der Waals surface area (Å²) in [5.41, 5.74) is 0. The molecule has 0 unspecified atom stereocenters. The molecule has 2 rings (SSSR count). The summed E-state index contributed by atoms with van der Waals surface area (Å²) in [5, 5.41) is 6.04. The predicted octanol–water partition coefficient (Wildman–Crippen LogP) is 1.64. The molecule has 1 aromatic rings. The lowest BCUT2D eigenvalue weighted by Crippen LogP contribution is -2.28. The van der Waals surface area contributed by atoms with Crippen LogP contribution in [0, 0.1) is 11.8 Å². The Morgan fingerprint density at radius 2 is 2.38 bits per heavy atom. The number of halogens is 1. The number of nitrogens with one attached hydrogen (secondary N) is 2. The van der Waals surface area contributed by atoms with Gasteiger partial charge in [-0.25, -0.2) is 4.98 Å². The number of hydrogen-bond acceptors (Lipinski definition) is 3. The van der Waals surface area contributed by atoms with E-state index in [-0.39, 0.29) is 11.8 Å². The Morgan fingerprint density at radius 1 is 1.56 bits per heavy atom. The largest absolute Gasteiger partial charge is 0.316 e. The summed E-state index contributed by atoms with van der Waals surface area (Å²) < 4.78 is 0.904. The first-order valence-electron chi connectivity index (χ1n) is 5.30. The highest BCUT2D eigenvalue weighted by Gasteiger charge is 2.29. The van der Waals surface area contributed by atoms with Crippen molar-refractivity contribution in [3.8, 4) is 0 Å². The molecular formula is C11H14BrN3O. The predicted molar refractivity (Wildman–Crippen MR) is 66.1 cm³/mol. The van der Waals surface area contributed by atoms with Crippen LogP contribution in [0.5, 0.6) is 0 Å². The lowest BCUT2D eigenvalue weighted by Gasteiger charge is -2.13. The summed E-state index contributed by atoms with van der Waals surface area (Å²) in [5.74, 6) is 1.08. The van der Waals surface area contributed by atoms with E-state index >= 15 is 0 Å². The van der Waals surface area contributed by atoms with E-state index in [9.17, 15) is 4.79 Å². The fourth-order valence-electron chi connectivity index (χ4n) is 1.83. The number of pyridine rings is 1. The Hall–Kier alpha value is -0.940. The van der Waals surface area contributed by atoms with Gasteiger partial charge >= 0.3 is 0 Å². The summed E-state index contributed by atoms with van der Waals surface area (Å²) in [7, 11) is 0. The number of amides is 1. The van der Waals surface area contributed by atoms with Crippen molar-refractivity contribution in [1.29, 1.82) is 0 Å². The minimum absolute atomic E-state index is 0.0467. The van der Waals surface area contributed by atoms with Crippen molar-refractivity contribution >= 4 is 27.7 Å². The van der Waals surface area contributed by atoms with Crippen LogP contribution in [0.4, 0.5) is 5.82 Å². The molecule has 5 heteroatoms. The van der Waals surface area contributed by atoms with Crippen LogP contribution < -0.4 is 10.6 Å². The van der Waals surface area contributed by atoms with Crippen molar-refractivity contribution in [2.45, 2.75) is 6.92 Å². The van der Waals surface area contributed by atoms with Gasteiger partial charge in [0.15, 0.2) is 0 Å². The minimum Gasteiger partial charge on any atom is -0.316 e. The molecule has 86 valence electrons. The quantitative estimate of drug-likeness (QED) is 0.868. The number of rotatable bonds is 2. The number of anilines is 1. The molecule has 1 amide bonds. The van der Waals surface area contributed by atoms with Gasteiger partial charge in [0, 0.05) is 17.2 Å². The van der Waals surface area contributed by atoms with Gasteiger partial charge < -0.3 is 10.6 Å². The molecule has 0 bridgehead atoms. The molecule has 0 spiro atoms. The normalized spacial score (nSPS) is 24.4. The summed E-state index contributed by atoms with van der Waals surface area (Å²) >= 11 is 3.30. The average Bonchev–Trinajstić information content (AvgIpc) is 2.68. The molecular weight excluding hydrogens is 270 g/mol. The van der Waals surface area contributed by atoms with E-state index in [1.165, 1.54) is 0 Å². The lowest BCUT2D eigenvalue weighted by molar-refractivity contribution is -0.120. The van der Waals surface area contributed by atoms with Gasteiger partial charge in [0.25, 0.3) is 0 Å². The fourth-order valence-corrected chi connectivity index (χ4v) is 2.06. The maximum Gasteiger partial charge on any atom is 0.230 e. The number of carbonyl (C=O) groups excluding carboxylic acids is 1. The second-order valence-corrected chi connectivity index (χ2v) is 5.01. The van der Waals surface area contributed by atoms with E-state index in [1.807, 2.05) is 6.07 Å². The third kappa shape index (κ3) is 2.59. The van der Waals surface area contributed by atoms with Crippen LogP contribution in [0.2, 0.25) is 0 Å². The maximum atomic E-state index is 11.9. The van der Waals surface area contributed by atoms with Gasteiger partial charge in [-0.3, -0.25) is 4.79 Å². The highest BCUT2D eigenvalue weighted by molar-refractivity contribution is 9.10. The van der Waals surface area contributed by atoms with E-state index in [0.29, 0.717) is 11.7 Å². The molecule has 16 heavy (non-hydrogen) atoms. The molecule has 1 fully saturated rings. The zero-order chi connectivity index (χ0) is 11.5. The van der Waals surface area contributed by atoms with Crippen LogP contribution in [0.3, 0.4) is 0 Å². The van der Waals surface area contributed by atoms with Crippen LogP contribution >= 0.6 is 15.9 Å². The molecule has 4 nitrogen and oxygen atoms in total. The van der Waals surface area contributed by atoms with Gasteiger partial charge in [0.1, 0.15) is 5.82 Å². The first kappa shape index (κ1) is 11.5. The van der Waals surface area contributed by atoms with E-state index in [0.717, 1.165) is 17.6 Å². The van der Waals surface area contributed by atoms with Crippen LogP contribution in [0.25, 0.3) is 0 Å². The van der Waals surface area contributed by atoms with Crippen molar-refractivity contribution in [1.82, 2.24) is 10.3 Å². The Kier molecular flexibility index (Phi) is 3.56. The summed E-state index contributed by atoms with van der Waals surface area (Å²) in [6.45, 7) is 3.74. The van der Waals surface area contributed by atoms with E-state index in [2.05, 4.69) is 38.5 Å². The van der Waals surface area contributed by atoms with Crippen molar-refractivity contribution in [2.75, 3.05) is 18.4 Å².